The number of hydrogen-bond donors (Lipinski definition) is 2. The summed E-state index contributed by atoms with van der Waals surface area (Å²) >= 11 is 17.7. The summed E-state index contributed by atoms with van der Waals surface area (Å²) in [6.07, 6.45) is 3.58. The van der Waals surface area contributed by atoms with Crippen molar-refractivity contribution in [3.8, 4) is 0 Å². The molecule has 126 valence electrons. The van der Waals surface area contributed by atoms with E-state index in [9.17, 15) is 0 Å². The summed E-state index contributed by atoms with van der Waals surface area (Å²) in [5.74, 6) is 0. The summed E-state index contributed by atoms with van der Waals surface area (Å²) in [7, 11) is 0. The molecule has 0 heterocycles. The molecule has 0 amide bonds. The summed E-state index contributed by atoms with van der Waals surface area (Å²) in [4.78, 5) is 2.19. The molecule has 0 saturated carbocycles. The van der Waals surface area contributed by atoms with Gasteiger partial charge < -0.3 is 65.6 Å². The van der Waals surface area contributed by atoms with Crippen molar-refractivity contribution in [1.82, 2.24) is 4.90 Å². The van der Waals surface area contributed by atoms with Crippen molar-refractivity contribution in [2.24, 2.45) is 5.73 Å². The smallest absolute Gasteiger partial charge is 0.800 e. The van der Waals surface area contributed by atoms with Crippen LogP contribution >= 0.6 is 24.8 Å². The summed E-state index contributed by atoms with van der Waals surface area (Å²) in [6, 6.07) is 0. The maximum atomic E-state index is 5.02. The second kappa shape index (κ2) is 32.5. The predicted molar refractivity (Wildman–Crippen MR) is 107 cm³/mol. The van der Waals surface area contributed by atoms with Gasteiger partial charge in [0.25, 0.3) is 0 Å². The number of nitrogens with two attached hydrogens (primary N) is 1. The Labute approximate surface area is 164 Å². The maximum Gasteiger partial charge on any atom is 6.00 e. The fourth-order valence-corrected chi connectivity index (χ4v) is 1.39. The van der Waals surface area contributed by atoms with E-state index in [1.54, 1.807) is 0 Å². The Morgan fingerprint density at radius 3 is 1.65 bits per heavy atom. The molecular formula is C13H32N2RuS4. The van der Waals surface area contributed by atoms with E-state index in [-0.39, 0.29) is 58.2 Å². The first kappa shape index (κ1) is 43.0. The maximum absolute atomic E-state index is 5.02. The Morgan fingerprint density at radius 1 is 1.10 bits per heavy atom. The summed E-state index contributed by atoms with van der Waals surface area (Å²) in [6.45, 7) is 6.47. The Hall–Kier alpha value is 1.52. The van der Waals surface area contributed by atoms with Crippen LogP contribution in [0.4, 0.5) is 0 Å². The fourth-order valence-electron chi connectivity index (χ4n) is 0.971. The van der Waals surface area contributed by atoms with Crippen LogP contribution in [-0.4, -0.2) is 27.0 Å². The van der Waals surface area contributed by atoms with Crippen molar-refractivity contribution in [3.63, 3.8) is 0 Å². The molecular weight excluding hydrogens is 413 g/mol. The van der Waals surface area contributed by atoms with Gasteiger partial charge in [-0.25, -0.2) is 4.71 Å². The van der Waals surface area contributed by atoms with Crippen LogP contribution in [0.25, 0.3) is 0 Å². The third-order valence-corrected chi connectivity index (χ3v) is 2.20. The number of thiocarbonyl (C=S) groups is 1. The Bertz CT molecular complexity index is 157. The molecule has 0 fully saturated rings. The van der Waals surface area contributed by atoms with Crippen LogP contribution in [0, 0.1) is 29.7 Å². The van der Waals surface area contributed by atoms with Crippen LogP contribution in [0.15, 0.2) is 0 Å². The molecule has 0 aromatic carbocycles. The van der Waals surface area contributed by atoms with Crippen LogP contribution in [0.3, 0.4) is 0 Å². The first-order chi connectivity index (χ1) is 6.95. The molecule has 0 aliphatic rings. The van der Waals surface area contributed by atoms with Gasteiger partial charge in [-0.15, -0.1) is 12.6 Å². The molecule has 2 N–H and O–H groups in total. The molecule has 0 radical (unpaired) electrons. The second-order valence-corrected chi connectivity index (χ2v) is 5.45. The van der Waals surface area contributed by atoms with Gasteiger partial charge in [0.05, 0.1) is 0 Å². The van der Waals surface area contributed by atoms with Gasteiger partial charge in [0.1, 0.15) is 4.32 Å². The molecule has 0 spiro atoms. The van der Waals surface area contributed by atoms with Crippen molar-refractivity contribution in [3.05, 3.63) is 29.7 Å². The fraction of sp³-hybridized carbons (Fsp3) is 0.615. The third-order valence-electron chi connectivity index (χ3n) is 1.61. The molecule has 20 heavy (non-hydrogen) atoms. The van der Waals surface area contributed by atoms with Crippen molar-refractivity contribution in [1.29, 1.82) is 0 Å². The molecule has 0 aliphatic heterocycles. The van der Waals surface area contributed by atoms with E-state index in [1.165, 1.54) is 12.8 Å². The van der Waals surface area contributed by atoms with Gasteiger partial charge in [0.2, 0.25) is 0 Å². The summed E-state index contributed by atoms with van der Waals surface area (Å²) in [5.41, 5.74) is 4.71. The number of rotatable bonds is 6. The normalized spacial score (nSPS) is 7.55. The molecule has 0 atom stereocenters. The predicted octanol–water partition coefficient (Wildman–Crippen LogP) is 3.83. The summed E-state index contributed by atoms with van der Waals surface area (Å²) < 4.78 is 0.0847. The van der Waals surface area contributed by atoms with E-state index >= 15 is 0 Å². The molecule has 0 aromatic heterocycles. The van der Waals surface area contributed by atoms with Gasteiger partial charge in [0, 0.05) is 0 Å². The standard InChI is InChI=1S/C8H19NS2.CH3NS2.4CH3.Ru/c1-3-5-7-9(6-4-2)8(10)11;2-1(3)4;;;;;/h8,10-11H,3-7H2,1-2H3;(H3,2,3,4);4*1H3;/q;;4*-1;+6/p-2. The quantitative estimate of drug-likeness (QED) is 0.213. The van der Waals surface area contributed by atoms with Crippen LogP contribution in [-0.2, 0) is 44.7 Å². The van der Waals surface area contributed by atoms with Gasteiger partial charge in [-0.2, -0.15) is 0 Å². The van der Waals surface area contributed by atoms with E-state index in [2.05, 4.69) is 43.6 Å². The van der Waals surface area contributed by atoms with E-state index in [0.717, 1.165) is 19.5 Å². The van der Waals surface area contributed by atoms with E-state index in [4.69, 9.17) is 31.0 Å². The molecule has 0 saturated heterocycles. The zero-order chi connectivity index (χ0) is 12.3. The number of unbranched alkanes of at least 4 members (excludes halogenated alkanes) is 1. The zero-order valence-corrected chi connectivity index (χ0v) is 18.7. The monoisotopic (exact) mass is 446 g/mol. The molecule has 0 unspecified atom stereocenters. The second-order valence-electron chi connectivity index (χ2n) is 3.03. The third kappa shape index (κ3) is 42.7. The van der Waals surface area contributed by atoms with Gasteiger partial charge in [-0.1, -0.05) is 32.5 Å². The Kier molecular flexibility index (Phi) is 69.8. The molecule has 0 rings (SSSR count). The molecule has 7 heteroatoms. The average Bonchev–Trinajstić information content (AvgIpc) is 2.10. The van der Waals surface area contributed by atoms with Gasteiger partial charge in [-0.3, -0.25) is 0 Å². The van der Waals surface area contributed by atoms with Crippen LogP contribution in [0.2, 0.25) is 0 Å². The van der Waals surface area contributed by atoms with Crippen molar-refractivity contribution >= 4 is 54.4 Å². The molecule has 2 nitrogen and oxygen atoms in total. The number of hydrogen-bond acceptors (Lipinski definition) is 4. The average molecular weight is 446 g/mol. The van der Waals surface area contributed by atoms with Gasteiger partial charge >= 0.3 is 19.5 Å². The minimum Gasteiger partial charge on any atom is -0.800 e. The van der Waals surface area contributed by atoms with Crippen LogP contribution in [0.5, 0.6) is 0 Å². The van der Waals surface area contributed by atoms with E-state index < -0.39 is 0 Å². The number of nitrogens with zero attached hydrogens (tertiary/aromatic N) is 1. The van der Waals surface area contributed by atoms with Gasteiger partial charge in [-0.05, 0) is 25.9 Å². The SMILES string of the molecule is CCCCN(CCC)C([S-])[S-].NC(=S)S.[CH3-].[CH3-].[CH3-].[CH3-].[Ru+6]. The topological polar surface area (TPSA) is 29.3 Å². The van der Waals surface area contributed by atoms with E-state index in [1.807, 2.05) is 0 Å². The van der Waals surface area contributed by atoms with Gasteiger partial charge in [0.15, 0.2) is 0 Å². The zero-order valence-electron chi connectivity index (χ0n) is 13.7. The summed E-state index contributed by atoms with van der Waals surface area (Å²) in [5, 5.41) is 0. The van der Waals surface area contributed by atoms with Crippen molar-refractivity contribution in [2.75, 3.05) is 13.1 Å². The molecule has 0 aliphatic carbocycles. The van der Waals surface area contributed by atoms with Crippen LogP contribution in [0.1, 0.15) is 33.1 Å². The van der Waals surface area contributed by atoms with E-state index in [0.29, 0.717) is 0 Å². The molecule has 0 bridgehead atoms. The number of thiol groups is 1. The molecule has 0 aromatic rings. The van der Waals surface area contributed by atoms with Crippen molar-refractivity contribution < 1.29 is 19.5 Å². The largest absolute Gasteiger partial charge is 6.00 e. The minimum atomic E-state index is -0.110. The minimum absolute atomic E-state index is 0. The first-order valence-electron chi connectivity index (χ1n) is 4.99. The first-order valence-corrected chi connectivity index (χ1v) is 6.79. The van der Waals surface area contributed by atoms with Crippen LogP contribution < -0.4 is 5.73 Å². The Balaban J connectivity index is -0.0000000338. The Morgan fingerprint density at radius 2 is 1.45 bits per heavy atom. The van der Waals surface area contributed by atoms with Crippen molar-refractivity contribution in [2.45, 2.75) is 37.8 Å².